The highest BCUT2D eigenvalue weighted by molar-refractivity contribution is 5.37. The van der Waals surface area contributed by atoms with E-state index in [2.05, 4.69) is 27.1 Å². The molecule has 0 unspecified atom stereocenters. The molecule has 1 aliphatic rings. The molecule has 0 radical (unpaired) electrons. The van der Waals surface area contributed by atoms with Crippen LogP contribution in [0.25, 0.3) is 0 Å². The summed E-state index contributed by atoms with van der Waals surface area (Å²) in [6.07, 6.45) is 3.39. The van der Waals surface area contributed by atoms with Crippen LogP contribution >= 0.6 is 0 Å². The van der Waals surface area contributed by atoms with Crippen molar-refractivity contribution in [2.45, 2.75) is 13.0 Å². The molecule has 1 aliphatic heterocycles. The monoisotopic (exact) mass is 178 g/mol. The summed E-state index contributed by atoms with van der Waals surface area (Å²) in [5, 5.41) is 3.40. The summed E-state index contributed by atoms with van der Waals surface area (Å²) in [4.78, 5) is 10.4. The van der Waals surface area contributed by atoms with Crippen LogP contribution in [0.3, 0.4) is 0 Å². The van der Waals surface area contributed by atoms with Crippen molar-refractivity contribution in [1.29, 1.82) is 0 Å². The van der Waals surface area contributed by atoms with Gasteiger partial charge in [0.1, 0.15) is 12.1 Å². The van der Waals surface area contributed by atoms with E-state index in [0.29, 0.717) is 6.04 Å². The van der Waals surface area contributed by atoms with Crippen LogP contribution in [-0.2, 0) is 0 Å². The minimum absolute atomic E-state index is 0.545. The maximum Gasteiger partial charge on any atom is 0.131 e. The van der Waals surface area contributed by atoms with E-state index in [9.17, 15) is 0 Å². The topological polar surface area (TPSA) is 41.1 Å². The molecule has 2 rings (SSSR count). The van der Waals surface area contributed by atoms with Gasteiger partial charge in [-0.05, 0) is 13.0 Å². The smallest absolute Gasteiger partial charge is 0.131 e. The van der Waals surface area contributed by atoms with E-state index in [4.69, 9.17) is 0 Å². The van der Waals surface area contributed by atoms with Gasteiger partial charge in [-0.2, -0.15) is 0 Å². The lowest BCUT2D eigenvalue weighted by atomic mass is 10.2. The lowest BCUT2D eigenvalue weighted by Crippen LogP contribution is -2.49. The van der Waals surface area contributed by atoms with Crippen LogP contribution in [0.1, 0.15) is 6.92 Å². The Kier molecular flexibility index (Phi) is 2.40. The molecule has 0 saturated carbocycles. The predicted molar refractivity (Wildman–Crippen MR) is 51.7 cm³/mol. The molecule has 0 aliphatic carbocycles. The zero-order valence-corrected chi connectivity index (χ0v) is 7.77. The fourth-order valence-corrected chi connectivity index (χ4v) is 1.61. The first kappa shape index (κ1) is 8.44. The zero-order valence-electron chi connectivity index (χ0n) is 7.77. The minimum Gasteiger partial charge on any atom is -0.354 e. The minimum atomic E-state index is 0.545. The lowest BCUT2D eigenvalue weighted by Gasteiger charge is -2.32. The highest BCUT2D eigenvalue weighted by Gasteiger charge is 2.15. The Bertz CT molecular complexity index is 262. The van der Waals surface area contributed by atoms with E-state index < -0.39 is 0 Å². The third-order valence-electron chi connectivity index (χ3n) is 2.26. The van der Waals surface area contributed by atoms with Crippen molar-refractivity contribution in [2.24, 2.45) is 0 Å². The van der Waals surface area contributed by atoms with Crippen molar-refractivity contribution in [3.8, 4) is 0 Å². The Hall–Kier alpha value is -1.16. The van der Waals surface area contributed by atoms with Gasteiger partial charge in [0.2, 0.25) is 0 Å². The normalized spacial score (nSPS) is 23.2. The Labute approximate surface area is 78.0 Å². The molecule has 0 amide bonds. The quantitative estimate of drug-likeness (QED) is 0.670. The first-order valence-corrected chi connectivity index (χ1v) is 4.60. The molecular formula is C9H14N4. The van der Waals surface area contributed by atoms with Crippen molar-refractivity contribution < 1.29 is 0 Å². The molecule has 4 heteroatoms. The third-order valence-corrected chi connectivity index (χ3v) is 2.26. The second-order valence-corrected chi connectivity index (χ2v) is 3.37. The number of anilines is 1. The molecule has 1 aromatic heterocycles. The molecule has 1 aromatic rings. The van der Waals surface area contributed by atoms with E-state index in [1.165, 1.54) is 0 Å². The van der Waals surface area contributed by atoms with E-state index >= 15 is 0 Å². The highest BCUT2D eigenvalue weighted by Crippen LogP contribution is 2.10. The van der Waals surface area contributed by atoms with E-state index in [-0.39, 0.29) is 0 Å². The summed E-state index contributed by atoms with van der Waals surface area (Å²) < 4.78 is 0. The molecule has 0 spiro atoms. The van der Waals surface area contributed by atoms with Crippen LogP contribution in [0, 0.1) is 0 Å². The molecule has 0 bridgehead atoms. The molecular weight excluding hydrogens is 164 g/mol. The summed E-state index contributed by atoms with van der Waals surface area (Å²) in [5.41, 5.74) is 0. The van der Waals surface area contributed by atoms with Crippen LogP contribution in [0.5, 0.6) is 0 Å². The van der Waals surface area contributed by atoms with E-state index in [1.54, 1.807) is 12.5 Å². The van der Waals surface area contributed by atoms with Crippen molar-refractivity contribution in [3.63, 3.8) is 0 Å². The number of hydrogen-bond donors (Lipinski definition) is 1. The number of nitrogens with zero attached hydrogens (tertiary/aromatic N) is 3. The van der Waals surface area contributed by atoms with Crippen LogP contribution in [0.15, 0.2) is 18.6 Å². The third kappa shape index (κ3) is 1.95. The van der Waals surface area contributed by atoms with Gasteiger partial charge in [0, 0.05) is 31.9 Å². The first-order chi connectivity index (χ1) is 6.36. The van der Waals surface area contributed by atoms with Crippen LogP contribution < -0.4 is 10.2 Å². The average Bonchev–Trinajstić information content (AvgIpc) is 2.19. The van der Waals surface area contributed by atoms with E-state index in [1.807, 2.05) is 6.07 Å². The summed E-state index contributed by atoms with van der Waals surface area (Å²) >= 11 is 0. The number of piperazine rings is 1. The van der Waals surface area contributed by atoms with Gasteiger partial charge in [0.05, 0.1) is 0 Å². The summed E-state index contributed by atoms with van der Waals surface area (Å²) in [5.74, 6) is 1.03. The van der Waals surface area contributed by atoms with Gasteiger partial charge in [-0.15, -0.1) is 0 Å². The zero-order chi connectivity index (χ0) is 9.10. The first-order valence-electron chi connectivity index (χ1n) is 4.60. The van der Waals surface area contributed by atoms with Crippen molar-refractivity contribution >= 4 is 5.82 Å². The number of aromatic nitrogens is 2. The SMILES string of the molecule is C[C@H]1CN(c2ccncn2)CCN1. The van der Waals surface area contributed by atoms with Gasteiger partial charge in [0.25, 0.3) is 0 Å². The Morgan fingerprint density at radius 2 is 2.54 bits per heavy atom. The Morgan fingerprint density at radius 3 is 3.23 bits per heavy atom. The van der Waals surface area contributed by atoms with Gasteiger partial charge in [-0.25, -0.2) is 9.97 Å². The lowest BCUT2D eigenvalue weighted by molar-refractivity contribution is 0.482. The second kappa shape index (κ2) is 3.70. The Balaban J connectivity index is 2.08. The molecule has 70 valence electrons. The van der Waals surface area contributed by atoms with Gasteiger partial charge in [0.15, 0.2) is 0 Å². The second-order valence-electron chi connectivity index (χ2n) is 3.37. The predicted octanol–water partition coefficient (Wildman–Crippen LogP) is 0.275. The van der Waals surface area contributed by atoms with Crippen LogP contribution in [-0.4, -0.2) is 35.6 Å². The summed E-state index contributed by atoms with van der Waals surface area (Å²) in [7, 11) is 0. The Morgan fingerprint density at radius 1 is 1.62 bits per heavy atom. The van der Waals surface area contributed by atoms with Crippen LogP contribution in [0.2, 0.25) is 0 Å². The van der Waals surface area contributed by atoms with Gasteiger partial charge in [-0.3, -0.25) is 0 Å². The standard InChI is InChI=1S/C9H14N4/c1-8-6-13(5-4-11-8)9-2-3-10-7-12-9/h2-3,7-8,11H,4-6H2,1H3/t8-/m0/s1. The van der Waals surface area contributed by atoms with Crippen molar-refractivity contribution in [3.05, 3.63) is 18.6 Å². The largest absolute Gasteiger partial charge is 0.354 e. The molecule has 0 aromatic carbocycles. The number of nitrogens with one attached hydrogen (secondary N) is 1. The maximum absolute atomic E-state index is 4.22. The van der Waals surface area contributed by atoms with Crippen LogP contribution in [0.4, 0.5) is 5.82 Å². The molecule has 1 saturated heterocycles. The van der Waals surface area contributed by atoms with E-state index in [0.717, 1.165) is 25.5 Å². The van der Waals surface area contributed by atoms with Crippen molar-refractivity contribution in [2.75, 3.05) is 24.5 Å². The van der Waals surface area contributed by atoms with Gasteiger partial charge >= 0.3 is 0 Å². The highest BCUT2D eigenvalue weighted by atomic mass is 15.2. The summed E-state index contributed by atoms with van der Waals surface area (Å²) in [6, 6.07) is 2.50. The molecule has 1 fully saturated rings. The van der Waals surface area contributed by atoms with Crippen molar-refractivity contribution in [1.82, 2.24) is 15.3 Å². The molecule has 13 heavy (non-hydrogen) atoms. The fraction of sp³-hybridized carbons (Fsp3) is 0.556. The number of rotatable bonds is 1. The maximum atomic E-state index is 4.22. The average molecular weight is 178 g/mol. The molecule has 1 atom stereocenters. The van der Waals surface area contributed by atoms with Gasteiger partial charge < -0.3 is 10.2 Å². The molecule has 2 heterocycles. The molecule has 1 N–H and O–H groups in total. The number of hydrogen-bond acceptors (Lipinski definition) is 4. The summed E-state index contributed by atoms with van der Waals surface area (Å²) in [6.45, 7) is 5.27. The molecule has 4 nitrogen and oxygen atoms in total. The fourth-order valence-electron chi connectivity index (χ4n) is 1.61. The van der Waals surface area contributed by atoms with Gasteiger partial charge in [-0.1, -0.05) is 0 Å².